The van der Waals surface area contributed by atoms with Crippen molar-refractivity contribution in [2.24, 2.45) is 0 Å². The SMILES string of the molecule is CCOC(CNc1cc(C)cc(C)c1)OCC. The maximum Gasteiger partial charge on any atom is 0.174 e. The third-order valence-electron chi connectivity index (χ3n) is 2.40. The first-order valence-corrected chi connectivity index (χ1v) is 6.21. The van der Waals surface area contributed by atoms with Crippen LogP contribution in [0.4, 0.5) is 5.69 Å². The van der Waals surface area contributed by atoms with Gasteiger partial charge in [0.15, 0.2) is 6.29 Å². The minimum atomic E-state index is -0.175. The largest absolute Gasteiger partial charge is 0.380 e. The van der Waals surface area contributed by atoms with Crippen LogP contribution in [-0.4, -0.2) is 26.0 Å². The molecule has 0 radical (unpaired) electrons. The molecular weight excluding hydrogens is 214 g/mol. The first-order valence-electron chi connectivity index (χ1n) is 6.21. The normalized spacial score (nSPS) is 10.9. The zero-order valence-corrected chi connectivity index (χ0v) is 11.2. The molecule has 0 aliphatic carbocycles. The topological polar surface area (TPSA) is 30.5 Å². The van der Waals surface area contributed by atoms with E-state index in [2.05, 4.69) is 37.4 Å². The van der Waals surface area contributed by atoms with Crippen molar-refractivity contribution in [2.75, 3.05) is 25.1 Å². The predicted octanol–water partition coefficient (Wildman–Crippen LogP) is 3.11. The summed E-state index contributed by atoms with van der Waals surface area (Å²) in [5, 5.41) is 3.35. The molecule has 3 nitrogen and oxygen atoms in total. The molecule has 0 aliphatic rings. The Morgan fingerprint density at radius 3 is 2.00 bits per heavy atom. The van der Waals surface area contributed by atoms with Gasteiger partial charge >= 0.3 is 0 Å². The van der Waals surface area contributed by atoms with Crippen LogP contribution in [0.15, 0.2) is 18.2 Å². The lowest BCUT2D eigenvalue weighted by atomic mass is 10.1. The molecule has 0 heterocycles. The molecule has 1 rings (SSSR count). The third-order valence-corrected chi connectivity index (χ3v) is 2.40. The summed E-state index contributed by atoms with van der Waals surface area (Å²) in [6.07, 6.45) is -0.175. The van der Waals surface area contributed by atoms with Crippen LogP contribution in [0.5, 0.6) is 0 Å². The van der Waals surface area contributed by atoms with Crippen LogP contribution in [0.2, 0.25) is 0 Å². The number of benzene rings is 1. The average molecular weight is 237 g/mol. The van der Waals surface area contributed by atoms with E-state index in [4.69, 9.17) is 9.47 Å². The molecule has 1 aromatic carbocycles. The van der Waals surface area contributed by atoms with Crippen molar-refractivity contribution in [3.8, 4) is 0 Å². The van der Waals surface area contributed by atoms with E-state index >= 15 is 0 Å². The lowest BCUT2D eigenvalue weighted by molar-refractivity contribution is -0.126. The first-order chi connectivity index (χ1) is 8.15. The first kappa shape index (κ1) is 14.0. The van der Waals surface area contributed by atoms with Crippen LogP contribution in [-0.2, 0) is 9.47 Å². The molecule has 0 aliphatic heterocycles. The Morgan fingerprint density at radius 2 is 1.53 bits per heavy atom. The molecule has 0 bridgehead atoms. The second-order valence-electron chi connectivity index (χ2n) is 4.10. The van der Waals surface area contributed by atoms with Gasteiger partial charge in [-0.2, -0.15) is 0 Å². The van der Waals surface area contributed by atoms with Crippen LogP contribution in [0.1, 0.15) is 25.0 Å². The van der Waals surface area contributed by atoms with E-state index < -0.39 is 0 Å². The predicted molar refractivity (Wildman–Crippen MR) is 71.4 cm³/mol. The van der Waals surface area contributed by atoms with Crippen LogP contribution in [0.25, 0.3) is 0 Å². The van der Waals surface area contributed by atoms with Crippen LogP contribution >= 0.6 is 0 Å². The summed E-state index contributed by atoms with van der Waals surface area (Å²) in [6.45, 7) is 10.1. The fourth-order valence-electron chi connectivity index (χ4n) is 1.82. The van der Waals surface area contributed by atoms with Crippen LogP contribution in [0, 0.1) is 13.8 Å². The number of nitrogens with one attached hydrogen (secondary N) is 1. The molecule has 0 saturated carbocycles. The Balaban J connectivity index is 2.52. The van der Waals surface area contributed by atoms with Gasteiger partial charge in [0.1, 0.15) is 0 Å². The molecule has 0 aromatic heterocycles. The van der Waals surface area contributed by atoms with Gasteiger partial charge in [-0.05, 0) is 51.0 Å². The molecule has 17 heavy (non-hydrogen) atoms. The Hall–Kier alpha value is -1.06. The van der Waals surface area contributed by atoms with E-state index in [-0.39, 0.29) is 6.29 Å². The number of anilines is 1. The minimum Gasteiger partial charge on any atom is -0.380 e. The van der Waals surface area contributed by atoms with E-state index in [1.165, 1.54) is 11.1 Å². The van der Waals surface area contributed by atoms with Gasteiger partial charge in [0.05, 0.1) is 6.54 Å². The highest BCUT2D eigenvalue weighted by atomic mass is 16.7. The Labute approximate surface area is 104 Å². The summed E-state index contributed by atoms with van der Waals surface area (Å²) in [4.78, 5) is 0. The lowest BCUT2D eigenvalue weighted by Gasteiger charge is -2.18. The molecule has 1 N–H and O–H groups in total. The summed E-state index contributed by atoms with van der Waals surface area (Å²) in [6, 6.07) is 6.41. The van der Waals surface area contributed by atoms with E-state index in [1.54, 1.807) is 0 Å². The summed E-state index contributed by atoms with van der Waals surface area (Å²) in [7, 11) is 0. The number of hydrogen-bond acceptors (Lipinski definition) is 3. The van der Waals surface area contributed by atoms with E-state index in [1.807, 2.05) is 13.8 Å². The highest BCUT2D eigenvalue weighted by Crippen LogP contribution is 2.13. The quantitative estimate of drug-likeness (QED) is 0.739. The van der Waals surface area contributed by atoms with Crippen molar-refractivity contribution in [1.82, 2.24) is 0 Å². The van der Waals surface area contributed by atoms with Crippen molar-refractivity contribution in [3.05, 3.63) is 29.3 Å². The van der Waals surface area contributed by atoms with Crippen molar-refractivity contribution < 1.29 is 9.47 Å². The van der Waals surface area contributed by atoms with Gasteiger partial charge in [-0.15, -0.1) is 0 Å². The van der Waals surface area contributed by atoms with Crippen molar-refractivity contribution in [2.45, 2.75) is 34.0 Å². The van der Waals surface area contributed by atoms with Gasteiger partial charge in [-0.3, -0.25) is 0 Å². The summed E-state index contributed by atoms with van der Waals surface area (Å²) in [5.41, 5.74) is 3.64. The number of aryl methyl sites for hydroxylation is 2. The molecule has 0 spiro atoms. The van der Waals surface area contributed by atoms with Crippen molar-refractivity contribution in [3.63, 3.8) is 0 Å². The molecule has 0 unspecified atom stereocenters. The Kier molecular flexibility index (Phi) is 6.01. The molecule has 96 valence electrons. The maximum absolute atomic E-state index is 5.48. The zero-order chi connectivity index (χ0) is 12.7. The lowest BCUT2D eigenvalue weighted by Crippen LogP contribution is -2.26. The zero-order valence-electron chi connectivity index (χ0n) is 11.2. The van der Waals surface area contributed by atoms with Gasteiger partial charge in [-0.1, -0.05) is 6.07 Å². The molecule has 0 amide bonds. The molecule has 0 saturated heterocycles. The van der Waals surface area contributed by atoms with Crippen molar-refractivity contribution >= 4 is 5.69 Å². The van der Waals surface area contributed by atoms with Crippen molar-refractivity contribution in [1.29, 1.82) is 0 Å². The highest BCUT2D eigenvalue weighted by molar-refractivity contribution is 5.48. The highest BCUT2D eigenvalue weighted by Gasteiger charge is 2.07. The second kappa shape index (κ2) is 7.30. The van der Waals surface area contributed by atoms with Gasteiger partial charge in [0.25, 0.3) is 0 Å². The Bertz CT molecular complexity index is 313. The number of ether oxygens (including phenoxy) is 2. The van der Waals surface area contributed by atoms with Gasteiger partial charge in [0.2, 0.25) is 0 Å². The number of hydrogen-bond donors (Lipinski definition) is 1. The van der Waals surface area contributed by atoms with E-state index in [9.17, 15) is 0 Å². The molecule has 3 heteroatoms. The average Bonchev–Trinajstić information content (AvgIpc) is 2.25. The molecule has 1 aromatic rings. The van der Waals surface area contributed by atoms with Crippen LogP contribution in [0.3, 0.4) is 0 Å². The smallest absolute Gasteiger partial charge is 0.174 e. The van der Waals surface area contributed by atoms with E-state index in [0.717, 1.165) is 5.69 Å². The van der Waals surface area contributed by atoms with E-state index in [0.29, 0.717) is 19.8 Å². The maximum atomic E-state index is 5.48. The fraction of sp³-hybridized carbons (Fsp3) is 0.571. The van der Waals surface area contributed by atoms with Gasteiger partial charge < -0.3 is 14.8 Å². The summed E-state index contributed by atoms with van der Waals surface area (Å²) >= 11 is 0. The number of rotatable bonds is 7. The third kappa shape index (κ3) is 5.20. The second-order valence-corrected chi connectivity index (χ2v) is 4.10. The standard InChI is InChI=1S/C14H23NO2/c1-5-16-14(17-6-2)10-15-13-8-11(3)7-12(4)9-13/h7-9,14-15H,5-6,10H2,1-4H3. The van der Waals surface area contributed by atoms with Gasteiger partial charge in [-0.25, -0.2) is 0 Å². The molecule has 0 atom stereocenters. The minimum absolute atomic E-state index is 0.175. The summed E-state index contributed by atoms with van der Waals surface area (Å²) < 4.78 is 11.0. The van der Waals surface area contributed by atoms with Crippen LogP contribution < -0.4 is 5.32 Å². The fourth-order valence-corrected chi connectivity index (χ4v) is 1.82. The summed E-state index contributed by atoms with van der Waals surface area (Å²) in [5.74, 6) is 0. The monoisotopic (exact) mass is 237 g/mol. The van der Waals surface area contributed by atoms with Gasteiger partial charge in [0, 0.05) is 18.9 Å². The Morgan fingerprint density at radius 1 is 1.00 bits per heavy atom. The molecule has 0 fully saturated rings. The molecular formula is C14H23NO2.